The monoisotopic (exact) mass is 363 g/mol. The Hall–Kier alpha value is -3.33. The van der Waals surface area contributed by atoms with Gasteiger partial charge in [-0.05, 0) is 43.2 Å². The van der Waals surface area contributed by atoms with Crippen LogP contribution in [0.1, 0.15) is 30.1 Å². The molecule has 0 unspecified atom stereocenters. The van der Waals surface area contributed by atoms with E-state index in [4.69, 9.17) is 14.7 Å². The molecule has 1 fully saturated rings. The van der Waals surface area contributed by atoms with E-state index in [-0.39, 0.29) is 24.5 Å². The lowest BCUT2D eigenvalue weighted by Gasteiger charge is -2.11. The Morgan fingerprint density at radius 2 is 2.00 bits per heavy atom. The summed E-state index contributed by atoms with van der Waals surface area (Å²) in [6.07, 6.45) is 6.16. The van der Waals surface area contributed by atoms with Gasteiger partial charge < -0.3 is 14.0 Å². The number of aromatic nitrogens is 2. The third kappa shape index (κ3) is 3.93. The first kappa shape index (κ1) is 17.1. The molecule has 0 amide bonds. The molecular weight excluding hydrogens is 345 g/mol. The van der Waals surface area contributed by atoms with Crippen LogP contribution in [0.15, 0.2) is 54.9 Å². The summed E-state index contributed by atoms with van der Waals surface area (Å²) < 4.78 is 27.0. The molecule has 0 N–H and O–H groups in total. The summed E-state index contributed by atoms with van der Waals surface area (Å²) in [5.74, 6) is 1.92. The molecule has 0 spiro atoms. The standard InChI is InChI=1S/C21H18FN3O2/c22-19-12-15(14-23)4-7-20(19)27-11-10-26-18-3-1-2-17(13-18)25-9-8-24-21(25)16-5-6-16/h1-4,7-9,12-13,16H,5-6,10-11H2. The molecule has 1 heterocycles. The minimum absolute atomic E-state index is 0.110. The maximum Gasteiger partial charge on any atom is 0.166 e. The van der Waals surface area contributed by atoms with E-state index < -0.39 is 5.82 Å². The van der Waals surface area contributed by atoms with E-state index in [0.29, 0.717) is 11.7 Å². The number of nitrogens with zero attached hydrogens (tertiary/aromatic N) is 3. The van der Waals surface area contributed by atoms with E-state index in [1.54, 1.807) is 0 Å². The summed E-state index contributed by atoms with van der Waals surface area (Å²) in [4.78, 5) is 4.46. The van der Waals surface area contributed by atoms with E-state index in [0.717, 1.165) is 17.6 Å². The van der Waals surface area contributed by atoms with E-state index in [9.17, 15) is 4.39 Å². The summed E-state index contributed by atoms with van der Waals surface area (Å²) in [7, 11) is 0. The molecule has 2 aromatic carbocycles. The molecular formula is C21H18FN3O2. The van der Waals surface area contributed by atoms with Gasteiger partial charge in [-0.2, -0.15) is 5.26 Å². The van der Waals surface area contributed by atoms with Gasteiger partial charge in [0.1, 0.15) is 24.8 Å². The zero-order chi connectivity index (χ0) is 18.6. The smallest absolute Gasteiger partial charge is 0.166 e. The fourth-order valence-electron chi connectivity index (χ4n) is 2.90. The van der Waals surface area contributed by atoms with Crippen LogP contribution in [0, 0.1) is 17.1 Å². The maximum atomic E-state index is 13.8. The quantitative estimate of drug-likeness (QED) is 0.590. The lowest BCUT2D eigenvalue weighted by molar-refractivity contribution is 0.211. The summed E-state index contributed by atoms with van der Waals surface area (Å²) in [6.45, 7) is 0.480. The number of hydrogen-bond donors (Lipinski definition) is 0. The van der Waals surface area contributed by atoms with Gasteiger partial charge in [0.2, 0.25) is 0 Å². The highest BCUT2D eigenvalue weighted by Crippen LogP contribution is 2.39. The Balaban J connectivity index is 1.35. The minimum Gasteiger partial charge on any atom is -0.490 e. The Kier molecular flexibility index (Phi) is 4.75. The number of hydrogen-bond acceptors (Lipinski definition) is 4. The van der Waals surface area contributed by atoms with E-state index in [2.05, 4.69) is 9.55 Å². The molecule has 6 heteroatoms. The highest BCUT2D eigenvalue weighted by atomic mass is 19.1. The van der Waals surface area contributed by atoms with Crippen LogP contribution in [0.2, 0.25) is 0 Å². The molecule has 4 rings (SSSR count). The molecule has 3 aromatic rings. The third-order valence-corrected chi connectivity index (χ3v) is 4.38. The fraction of sp³-hybridized carbons (Fsp3) is 0.238. The number of halogens is 1. The molecule has 0 radical (unpaired) electrons. The Labute approximate surface area is 156 Å². The average Bonchev–Trinajstić information content (AvgIpc) is 3.42. The van der Waals surface area contributed by atoms with Gasteiger partial charge in [0.05, 0.1) is 17.3 Å². The van der Waals surface area contributed by atoms with Crippen LogP contribution >= 0.6 is 0 Å². The van der Waals surface area contributed by atoms with E-state index >= 15 is 0 Å². The second-order valence-corrected chi connectivity index (χ2v) is 6.38. The van der Waals surface area contributed by atoms with Crippen LogP contribution in [0.4, 0.5) is 4.39 Å². The van der Waals surface area contributed by atoms with Crippen molar-refractivity contribution in [3.8, 4) is 23.3 Å². The van der Waals surface area contributed by atoms with Crippen molar-refractivity contribution in [2.75, 3.05) is 13.2 Å². The maximum absolute atomic E-state index is 13.8. The Morgan fingerprint density at radius 1 is 1.15 bits per heavy atom. The lowest BCUT2D eigenvalue weighted by Crippen LogP contribution is -2.10. The lowest BCUT2D eigenvalue weighted by atomic mass is 10.2. The molecule has 1 aromatic heterocycles. The molecule has 27 heavy (non-hydrogen) atoms. The molecule has 0 bridgehead atoms. The molecule has 0 saturated heterocycles. The van der Waals surface area contributed by atoms with Gasteiger partial charge in [-0.3, -0.25) is 0 Å². The normalized spacial score (nSPS) is 13.2. The second kappa shape index (κ2) is 7.50. The van der Waals surface area contributed by atoms with Gasteiger partial charge in [0, 0.05) is 24.4 Å². The number of imidazole rings is 1. The Bertz CT molecular complexity index is 989. The summed E-state index contributed by atoms with van der Waals surface area (Å²) in [5, 5.41) is 8.75. The average molecular weight is 363 g/mol. The van der Waals surface area contributed by atoms with Crippen molar-refractivity contribution >= 4 is 0 Å². The number of ether oxygens (including phenoxy) is 2. The number of nitriles is 1. The number of benzene rings is 2. The summed E-state index contributed by atoms with van der Waals surface area (Å²) in [5.41, 5.74) is 1.27. The Morgan fingerprint density at radius 3 is 2.78 bits per heavy atom. The van der Waals surface area contributed by atoms with Crippen molar-refractivity contribution < 1.29 is 13.9 Å². The van der Waals surface area contributed by atoms with Crippen molar-refractivity contribution in [2.45, 2.75) is 18.8 Å². The predicted molar refractivity (Wildman–Crippen MR) is 97.6 cm³/mol. The van der Waals surface area contributed by atoms with Gasteiger partial charge in [0.15, 0.2) is 11.6 Å². The van der Waals surface area contributed by atoms with Crippen LogP contribution in [0.3, 0.4) is 0 Å². The zero-order valence-electron chi connectivity index (χ0n) is 14.6. The van der Waals surface area contributed by atoms with Crippen molar-refractivity contribution in [1.82, 2.24) is 9.55 Å². The summed E-state index contributed by atoms with van der Waals surface area (Å²) >= 11 is 0. The molecule has 1 aliphatic rings. The SMILES string of the molecule is N#Cc1ccc(OCCOc2cccc(-n3ccnc3C3CC3)c2)c(F)c1. The fourth-order valence-corrected chi connectivity index (χ4v) is 2.90. The van der Waals surface area contributed by atoms with Gasteiger partial charge >= 0.3 is 0 Å². The van der Waals surface area contributed by atoms with Gasteiger partial charge in [-0.25, -0.2) is 9.37 Å². The molecule has 0 aliphatic heterocycles. The molecule has 5 nitrogen and oxygen atoms in total. The molecule has 1 aliphatic carbocycles. The van der Waals surface area contributed by atoms with Crippen LogP contribution in [0.5, 0.6) is 11.5 Å². The molecule has 136 valence electrons. The van der Waals surface area contributed by atoms with Gasteiger partial charge in [-0.15, -0.1) is 0 Å². The third-order valence-electron chi connectivity index (χ3n) is 4.38. The first-order valence-corrected chi connectivity index (χ1v) is 8.83. The predicted octanol–water partition coefficient (Wildman–Crippen LogP) is 4.22. The van der Waals surface area contributed by atoms with Crippen LogP contribution in [0.25, 0.3) is 5.69 Å². The van der Waals surface area contributed by atoms with Crippen molar-refractivity contribution in [1.29, 1.82) is 5.26 Å². The highest BCUT2D eigenvalue weighted by Gasteiger charge is 2.28. The van der Waals surface area contributed by atoms with Gasteiger partial charge in [-0.1, -0.05) is 6.07 Å². The first-order valence-electron chi connectivity index (χ1n) is 8.83. The first-order chi connectivity index (χ1) is 13.2. The highest BCUT2D eigenvalue weighted by molar-refractivity contribution is 5.41. The van der Waals surface area contributed by atoms with Crippen molar-refractivity contribution in [3.63, 3.8) is 0 Å². The summed E-state index contributed by atoms with van der Waals surface area (Å²) in [6, 6.07) is 13.8. The zero-order valence-corrected chi connectivity index (χ0v) is 14.6. The largest absolute Gasteiger partial charge is 0.490 e. The van der Waals surface area contributed by atoms with E-state index in [1.807, 2.05) is 42.7 Å². The van der Waals surface area contributed by atoms with Crippen molar-refractivity contribution in [2.24, 2.45) is 0 Å². The van der Waals surface area contributed by atoms with Crippen LogP contribution < -0.4 is 9.47 Å². The van der Waals surface area contributed by atoms with Crippen molar-refractivity contribution in [3.05, 3.63) is 72.1 Å². The van der Waals surface area contributed by atoms with Crippen LogP contribution in [-0.2, 0) is 0 Å². The number of rotatable bonds is 7. The van der Waals surface area contributed by atoms with E-state index in [1.165, 1.54) is 25.0 Å². The van der Waals surface area contributed by atoms with Gasteiger partial charge in [0.25, 0.3) is 0 Å². The molecule has 0 atom stereocenters. The minimum atomic E-state index is -0.552. The topological polar surface area (TPSA) is 60.1 Å². The second-order valence-electron chi connectivity index (χ2n) is 6.38. The van der Waals surface area contributed by atoms with Crippen LogP contribution in [-0.4, -0.2) is 22.8 Å². The molecule has 1 saturated carbocycles.